The molecule has 1 aromatic carbocycles. The van der Waals surface area contributed by atoms with Crippen molar-refractivity contribution in [3.8, 4) is 0 Å². The highest BCUT2D eigenvalue weighted by molar-refractivity contribution is 6.31. The Morgan fingerprint density at radius 1 is 1.32 bits per heavy atom. The maximum absolute atomic E-state index is 10.6. The number of nitrogens with zero attached hydrogens (tertiary/aromatic N) is 3. The molecule has 0 saturated carbocycles. The molecule has 22 heavy (non-hydrogen) atoms. The number of aliphatic hydroxyl groups is 1. The molecule has 4 nitrogen and oxygen atoms in total. The van der Waals surface area contributed by atoms with Gasteiger partial charge in [-0.05, 0) is 23.5 Å². The molecule has 0 aliphatic heterocycles. The first-order valence-electron chi connectivity index (χ1n) is 7.32. The molecule has 0 amide bonds. The molecule has 0 aliphatic carbocycles. The first-order valence-corrected chi connectivity index (χ1v) is 7.69. The van der Waals surface area contributed by atoms with E-state index in [2.05, 4.69) is 10.1 Å². The lowest BCUT2D eigenvalue weighted by Gasteiger charge is -2.31. The van der Waals surface area contributed by atoms with Crippen LogP contribution in [0.3, 0.4) is 0 Å². The predicted octanol–water partition coefficient (Wildman–Crippen LogP) is 3.68. The Labute approximate surface area is 136 Å². The van der Waals surface area contributed by atoms with Crippen molar-refractivity contribution in [3.63, 3.8) is 0 Å². The summed E-state index contributed by atoms with van der Waals surface area (Å²) in [5.41, 5.74) is 0.800. The number of hydrogen-bond acceptors (Lipinski definition) is 3. The zero-order chi connectivity index (χ0) is 16.2. The third-order valence-electron chi connectivity index (χ3n) is 3.58. The Balaban J connectivity index is 2.17. The maximum atomic E-state index is 10.6. The number of aliphatic hydroxyl groups excluding tert-OH is 1. The van der Waals surface area contributed by atoms with Gasteiger partial charge in [-0.2, -0.15) is 5.10 Å². The van der Waals surface area contributed by atoms with Crippen LogP contribution in [0.5, 0.6) is 0 Å². The van der Waals surface area contributed by atoms with E-state index in [9.17, 15) is 5.11 Å². The van der Waals surface area contributed by atoms with Crippen molar-refractivity contribution in [2.45, 2.75) is 39.3 Å². The van der Waals surface area contributed by atoms with Gasteiger partial charge in [0.1, 0.15) is 12.7 Å². The largest absolute Gasteiger partial charge is 0.390 e. The van der Waals surface area contributed by atoms with Gasteiger partial charge < -0.3 is 5.11 Å². The lowest BCUT2D eigenvalue weighted by molar-refractivity contribution is 0.0284. The van der Waals surface area contributed by atoms with Crippen LogP contribution in [0.4, 0.5) is 0 Å². The summed E-state index contributed by atoms with van der Waals surface area (Å²) in [6.07, 6.45) is 7.22. The number of halogens is 1. The molecule has 5 heteroatoms. The highest BCUT2D eigenvalue weighted by Crippen LogP contribution is 2.29. The summed E-state index contributed by atoms with van der Waals surface area (Å²) in [6.45, 7) is 6.01. The standard InChI is InChI=1S/C17H22ClN3O/c1-17(2,3)16(22)15(21-12-19-11-20-21)10-6-8-13-7-4-5-9-14(13)18/h4-7,9-12,15-16,22H,8H2,1-3H3/b10-6+. The first-order chi connectivity index (χ1) is 10.4. The minimum atomic E-state index is -0.573. The number of aromatic nitrogens is 3. The number of allylic oxidation sites excluding steroid dienone is 1. The van der Waals surface area contributed by atoms with Crippen molar-refractivity contribution < 1.29 is 5.11 Å². The normalized spacial score (nSPS) is 15.1. The molecule has 0 spiro atoms. The fraction of sp³-hybridized carbons (Fsp3) is 0.412. The van der Waals surface area contributed by atoms with E-state index in [-0.39, 0.29) is 11.5 Å². The molecule has 1 aromatic heterocycles. The zero-order valence-electron chi connectivity index (χ0n) is 13.1. The van der Waals surface area contributed by atoms with Crippen LogP contribution in [-0.2, 0) is 6.42 Å². The maximum Gasteiger partial charge on any atom is 0.137 e. The lowest BCUT2D eigenvalue weighted by atomic mass is 9.84. The van der Waals surface area contributed by atoms with Gasteiger partial charge in [0.15, 0.2) is 0 Å². The van der Waals surface area contributed by atoms with Gasteiger partial charge in [-0.25, -0.2) is 9.67 Å². The van der Waals surface area contributed by atoms with Crippen molar-refractivity contribution in [2.75, 3.05) is 0 Å². The molecule has 0 bridgehead atoms. The van der Waals surface area contributed by atoms with E-state index in [1.165, 1.54) is 6.33 Å². The van der Waals surface area contributed by atoms with E-state index in [0.717, 1.165) is 10.6 Å². The van der Waals surface area contributed by atoms with Gasteiger partial charge in [-0.3, -0.25) is 0 Å². The third kappa shape index (κ3) is 4.18. The van der Waals surface area contributed by atoms with Crippen LogP contribution in [0.15, 0.2) is 49.1 Å². The molecule has 1 heterocycles. The van der Waals surface area contributed by atoms with E-state index in [1.54, 1.807) is 11.0 Å². The zero-order valence-corrected chi connectivity index (χ0v) is 13.9. The monoisotopic (exact) mass is 319 g/mol. The van der Waals surface area contributed by atoms with Gasteiger partial charge >= 0.3 is 0 Å². The SMILES string of the molecule is CC(C)(C)C(O)C(/C=C/Cc1ccccc1Cl)n1cncn1. The fourth-order valence-corrected chi connectivity index (χ4v) is 2.43. The highest BCUT2D eigenvalue weighted by atomic mass is 35.5. The van der Waals surface area contributed by atoms with Crippen LogP contribution in [0.25, 0.3) is 0 Å². The minimum Gasteiger partial charge on any atom is -0.390 e. The second-order valence-corrected chi connectivity index (χ2v) is 6.81. The summed E-state index contributed by atoms with van der Waals surface area (Å²) in [5.74, 6) is 0. The summed E-state index contributed by atoms with van der Waals surface area (Å²) in [5, 5.41) is 15.5. The Hall–Kier alpha value is -1.65. The quantitative estimate of drug-likeness (QED) is 0.855. The van der Waals surface area contributed by atoms with Crippen molar-refractivity contribution >= 4 is 11.6 Å². The van der Waals surface area contributed by atoms with Crippen molar-refractivity contribution in [2.24, 2.45) is 5.41 Å². The highest BCUT2D eigenvalue weighted by Gasteiger charge is 2.30. The molecule has 0 saturated heterocycles. The van der Waals surface area contributed by atoms with E-state index in [4.69, 9.17) is 11.6 Å². The smallest absolute Gasteiger partial charge is 0.137 e. The summed E-state index contributed by atoms with van der Waals surface area (Å²) in [7, 11) is 0. The van der Waals surface area contributed by atoms with E-state index in [0.29, 0.717) is 6.42 Å². The van der Waals surface area contributed by atoms with Crippen LogP contribution < -0.4 is 0 Å². The first kappa shape index (κ1) is 16.7. The van der Waals surface area contributed by atoms with Gasteiger partial charge in [-0.15, -0.1) is 0 Å². The predicted molar refractivity (Wildman–Crippen MR) is 88.8 cm³/mol. The van der Waals surface area contributed by atoms with Crippen molar-refractivity contribution in [1.82, 2.24) is 14.8 Å². The van der Waals surface area contributed by atoms with Crippen LogP contribution in [-0.4, -0.2) is 26.0 Å². The average molecular weight is 320 g/mol. The molecule has 2 atom stereocenters. The second-order valence-electron chi connectivity index (χ2n) is 6.40. The Morgan fingerprint density at radius 2 is 2.05 bits per heavy atom. The number of hydrogen-bond donors (Lipinski definition) is 1. The fourth-order valence-electron chi connectivity index (χ4n) is 2.22. The molecular formula is C17H22ClN3O. The van der Waals surface area contributed by atoms with Crippen LogP contribution >= 0.6 is 11.6 Å². The molecular weight excluding hydrogens is 298 g/mol. The van der Waals surface area contributed by atoms with Gasteiger partial charge in [-0.1, -0.05) is 62.7 Å². The summed E-state index contributed by atoms with van der Waals surface area (Å²) in [6, 6.07) is 7.50. The lowest BCUT2D eigenvalue weighted by Crippen LogP contribution is -2.34. The van der Waals surface area contributed by atoms with Crippen LogP contribution in [0, 0.1) is 5.41 Å². The summed E-state index contributed by atoms with van der Waals surface area (Å²) in [4.78, 5) is 3.97. The second kappa shape index (κ2) is 7.07. The molecule has 2 rings (SSSR count). The molecule has 1 N–H and O–H groups in total. The van der Waals surface area contributed by atoms with Crippen LogP contribution in [0.1, 0.15) is 32.4 Å². The third-order valence-corrected chi connectivity index (χ3v) is 3.95. The molecule has 0 fully saturated rings. The van der Waals surface area contributed by atoms with Crippen LogP contribution in [0.2, 0.25) is 5.02 Å². The number of rotatable bonds is 5. The van der Waals surface area contributed by atoms with Gasteiger partial charge in [0, 0.05) is 5.02 Å². The van der Waals surface area contributed by atoms with Gasteiger partial charge in [0.25, 0.3) is 0 Å². The topological polar surface area (TPSA) is 50.9 Å². The van der Waals surface area contributed by atoms with E-state index >= 15 is 0 Å². The van der Waals surface area contributed by atoms with Gasteiger partial charge in [0.05, 0.1) is 12.1 Å². The van der Waals surface area contributed by atoms with Crippen molar-refractivity contribution in [1.29, 1.82) is 0 Å². The number of benzene rings is 1. The Kier molecular flexibility index (Phi) is 5.37. The molecule has 0 aliphatic rings. The Bertz CT molecular complexity index is 617. The summed E-state index contributed by atoms with van der Waals surface area (Å²) >= 11 is 6.16. The molecule has 118 valence electrons. The molecule has 2 unspecified atom stereocenters. The Morgan fingerprint density at radius 3 is 2.64 bits per heavy atom. The van der Waals surface area contributed by atoms with Crippen molar-refractivity contribution in [3.05, 3.63) is 59.7 Å². The average Bonchev–Trinajstić information content (AvgIpc) is 2.97. The van der Waals surface area contributed by atoms with E-state index in [1.807, 2.05) is 57.2 Å². The van der Waals surface area contributed by atoms with Gasteiger partial charge in [0.2, 0.25) is 0 Å². The molecule has 2 aromatic rings. The minimum absolute atomic E-state index is 0.259. The van der Waals surface area contributed by atoms with E-state index < -0.39 is 6.10 Å². The summed E-state index contributed by atoms with van der Waals surface area (Å²) < 4.78 is 1.68. The molecule has 0 radical (unpaired) electrons.